The van der Waals surface area contributed by atoms with Gasteiger partial charge in [-0.05, 0) is 6.92 Å². The number of carbonyl (C=O) groups excluding carboxylic acids is 1. The van der Waals surface area contributed by atoms with Crippen molar-refractivity contribution in [1.82, 2.24) is 25.2 Å². The minimum Gasteiger partial charge on any atom is -0.476 e. The van der Waals surface area contributed by atoms with Gasteiger partial charge in [-0.15, -0.1) is 5.10 Å². The zero-order chi connectivity index (χ0) is 14.5. The number of aromatic nitrogens is 3. The predicted molar refractivity (Wildman–Crippen MR) is 67.4 cm³/mol. The van der Waals surface area contributed by atoms with Gasteiger partial charge in [0.1, 0.15) is 0 Å². The third-order valence-electron chi connectivity index (χ3n) is 3.00. The number of hydrogen-bond donors (Lipinski definition) is 2. The van der Waals surface area contributed by atoms with Crippen LogP contribution in [0.2, 0.25) is 0 Å². The molecule has 0 radical (unpaired) electrons. The van der Waals surface area contributed by atoms with Crippen molar-refractivity contribution in [3.8, 4) is 0 Å². The second kappa shape index (κ2) is 6.33. The molecule has 0 spiro atoms. The highest BCUT2D eigenvalue weighted by molar-refractivity contribution is 5.84. The number of aromatic carboxylic acids is 1. The summed E-state index contributed by atoms with van der Waals surface area (Å²) in [6.45, 7) is 4.30. The molecule has 1 atom stereocenters. The van der Waals surface area contributed by atoms with Gasteiger partial charge in [-0.25, -0.2) is 14.3 Å². The van der Waals surface area contributed by atoms with Gasteiger partial charge >= 0.3 is 12.0 Å². The molecule has 20 heavy (non-hydrogen) atoms. The summed E-state index contributed by atoms with van der Waals surface area (Å²) in [5.74, 6) is -1.12. The minimum absolute atomic E-state index is 0.0498. The zero-order valence-corrected chi connectivity index (χ0v) is 11.2. The number of carboxylic acid groups (broad SMARTS) is 1. The Labute approximate surface area is 115 Å². The number of ether oxygens (including phenoxy) is 1. The van der Waals surface area contributed by atoms with Crippen LogP contribution >= 0.6 is 0 Å². The Kier molecular flexibility index (Phi) is 4.51. The van der Waals surface area contributed by atoms with Crippen LogP contribution in [0.1, 0.15) is 17.4 Å². The van der Waals surface area contributed by atoms with Crippen molar-refractivity contribution < 1.29 is 19.4 Å². The molecule has 1 aliphatic heterocycles. The molecule has 2 N–H and O–H groups in total. The quantitative estimate of drug-likeness (QED) is 0.764. The maximum absolute atomic E-state index is 11.9. The number of amides is 2. The lowest BCUT2D eigenvalue weighted by Crippen LogP contribution is -2.51. The van der Waals surface area contributed by atoms with Crippen molar-refractivity contribution in [1.29, 1.82) is 0 Å². The van der Waals surface area contributed by atoms with Gasteiger partial charge in [-0.2, -0.15) is 0 Å². The lowest BCUT2D eigenvalue weighted by Gasteiger charge is -2.33. The lowest BCUT2D eigenvalue weighted by atomic mass is 10.3. The van der Waals surface area contributed by atoms with Crippen molar-refractivity contribution in [3.63, 3.8) is 0 Å². The lowest BCUT2D eigenvalue weighted by molar-refractivity contribution is 0.0190. The van der Waals surface area contributed by atoms with E-state index in [-0.39, 0.29) is 17.8 Å². The highest BCUT2D eigenvalue weighted by Gasteiger charge is 2.23. The third kappa shape index (κ3) is 3.44. The molecule has 2 rings (SSSR count). The number of carboxylic acids is 1. The monoisotopic (exact) mass is 283 g/mol. The Morgan fingerprint density at radius 2 is 2.40 bits per heavy atom. The summed E-state index contributed by atoms with van der Waals surface area (Å²) in [7, 11) is 0. The average molecular weight is 283 g/mol. The molecule has 2 heterocycles. The number of morpholine rings is 1. The van der Waals surface area contributed by atoms with E-state index in [0.717, 1.165) is 0 Å². The van der Waals surface area contributed by atoms with E-state index in [1.54, 1.807) is 4.90 Å². The van der Waals surface area contributed by atoms with E-state index in [2.05, 4.69) is 15.6 Å². The second-order valence-electron chi connectivity index (χ2n) is 4.52. The number of carbonyl (C=O) groups is 2. The van der Waals surface area contributed by atoms with Crippen molar-refractivity contribution in [2.45, 2.75) is 19.5 Å². The molecule has 9 nitrogen and oxygen atoms in total. The van der Waals surface area contributed by atoms with Gasteiger partial charge < -0.3 is 20.1 Å². The SMILES string of the molecule is CC1COCCN1C(=O)NCCn1cc(C(=O)O)nn1. The summed E-state index contributed by atoms with van der Waals surface area (Å²) >= 11 is 0. The molecule has 0 aliphatic carbocycles. The molecule has 0 aromatic carbocycles. The normalized spacial score (nSPS) is 18.9. The molecule has 0 bridgehead atoms. The Balaban J connectivity index is 1.77. The number of urea groups is 1. The first kappa shape index (κ1) is 14.3. The Morgan fingerprint density at radius 1 is 1.60 bits per heavy atom. The fourth-order valence-electron chi connectivity index (χ4n) is 1.91. The van der Waals surface area contributed by atoms with Gasteiger partial charge in [0.25, 0.3) is 0 Å². The smallest absolute Gasteiger partial charge is 0.358 e. The van der Waals surface area contributed by atoms with Crippen LogP contribution in [0.25, 0.3) is 0 Å². The van der Waals surface area contributed by atoms with Crippen LogP contribution < -0.4 is 5.32 Å². The number of hydrogen-bond acceptors (Lipinski definition) is 5. The largest absolute Gasteiger partial charge is 0.476 e. The molecule has 2 amide bonds. The van der Waals surface area contributed by atoms with Gasteiger partial charge in [0.15, 0.2) is 5.69 Å². The van der Waals surface area contributed by atoms with Crippen molar-refractivity contribution in [2.24, 2.45) is 0 Å². The number of nitrogens with zero attached hydrogens (tertiary/aromatic N) is 4. The Bertz CT molecular complexity index is 489. The molecule has 1 unspecified atom stereocenters. The van der Waals surface area contributed by atoms with E-state index in [4.69, 9.17) is 9.84 Å². The predicted octanol–water partition coefficient (Wildman–Crippen LogP) is -0.593. The first-order valence-corrected chi connectivity index (χ1v) is 6.33. The summed E-state index contributed by atoms with van der Waals surface area (Å²) in [5, 5.41) is 18.6. The summed E-state index contributed by atoms with van der Waals surface area (Å²) < 4.78 is 6.64. The van der Waals surface area contributed by atoms with Gasteiger partial charge in [0.05, 0.1) is 32.0 Å². The van der Waals surface area contributed by atoms with E-state index in [1.807, 2.05) is 6.92 Å². The van der Waals surface area contributed by atoms with Gasteiger partial charge in [-0.1, -0.05) is 5.21 Å². The van der Waals surface area contributed by atoms with E-state index < -0.39 is 5.97 Å². The van der Waals surface area contributed by atoms with Crippen LogP contribution in [-0.2, 0) is 11.3 Å². The fourth-order valence-corrected chi connectivity index (χ4v) is 1.91. The Morgan fingerprint density at radius 3 is 3.05 bits per heavy atom. The number of nitrogens with one attached hydrogen (secondary N) is 1. The maximum Gasteiger partial charge on any atom is 0.358 e. The third-order valence-corrected chi connectivity index (χ3v) is 3.00. The molecule has 1 saturated heterocycles. The van der Waals surface area contributed by atoms with E-state index in [1.165, 1.54) is 10.9 Å². The summed E-state index contributed by atoms with van der Waals surface area (Å²) in [4.78, 5) is 24.3. The molecule has 1 aromatic rings. The first-order chi connectivity index (χ1) is 9.58. The van der Waals surface area contributed by atoms with Crippen LogP contribution in [0.15, 0.2) is 6.20 Å². The standard InChI is InChI=1S/C11H17N5O4/c1-8-7-20-5-4-16(8)11(19)12-2-3-15-6-9(10(17)18)13-14-15/h6,8H,2-5,7H2,1H3,(H,12,19)(H,17,18). The summed E-state index contributed by atoms with van der Waals surface area (Å²) in [6, 6.07) is -0.104. The molecule has 0 saturated carbocycles. The van der Waals surface area contributed by atoms with Crippen LogP contribution in [-0.4, -0.2) is 69.3 Å². The van der Waals surface area contributed by atoms with E-state index >= 15 is 0 Å². The highest BCUT2D eigenvalue weighted by atomic mass is 16.5. The van der Waals surface area contributed by atoms with E-state index in [0.29, 0.717) is 32.8 Å². The van der Waals surface area contributed by atoms with Crippen molar-refractivity contribution in [2.75, 3.05) is 26.3 Å². The minimum atomic E-state index is -1.12. The molecule has 110 valence electrons. The van der Waals surface area contributed by atoms with E-state index in [9.17, 15) is 9.59 Å². The topological polar surface area (TPSA) is 110 Å². The second-order valence-corrected chi connectivity index (χ2v) is 4.52. The van der Waals surface area contributed by atoms with Crippen LogP contribution in [0.5, 0.6) is 0 Å². The molecular formula is C11H17N5O4. The van der Waals surface area contributed by atoms with Gasteiger partial charge in [0.2, 0.25) is 0 Å². The highest BCUT2D eigenvalue weighted by Crippen LogP contribution is 2.05. The van der Waals surface area contributed by atoms with Crippen molar-refractivity contribution >= 4 is 12.0 Å². The first-order valence-electron chi connectivity index (χ1n) is 6.33. The van der Waals surface area contributed by atoms with Gasteiger partial charge in [0, 0.05) is 13.1 Å². The van der Waals surface area contributed by atoms with Crippen LogP contribution in [0, 0.1) is 0 Å². The summed E-state index contributed by atoms with van der Waals surface area (Å²) in [5.41, 5.74) is -0.113. The average Bonchev–Trinajstić information content (AvgIpc) is 2.88. The number of rotatable bonds is 4. The van der Waals surface area contributed by atoms with Crippen LogP contribution in [0.3, 0.4) is 0 Å². The Hall–Kier alpha value is -2.16. The fraction of sp³-hybridized carbons (Fsp3) is 0.636. The maximum atomic E-state index is 11.9. The molecule has 9 heteroatoms. The molecule has 1 aromatic heterocycles. The summed E-state index contributed by atoms with van der Waals surface area (Å²) in [6.07, 6.45) is 1.33. The zero-order valence-electron chi connectivity index (χ0n) is 11.2. The van der Waals surface area contributed by atoms with Crippen molar-refractivity contribution in [3.05, 3.63) is 11.9 Å². The molecular weight excluding hydrogens is 266 g/mol. The van der Waals surface area contributed by atoms with Crippen LogP contribution in [0.4, 0.5) is 4.79 Å². The molecule has 1 aliphatic rings. The van der Waals surface area contributed by atoms with Gasteiger partial charge in [-0.3, -0.25) is 0 Å². The molecule has 1 fully saturated rings.